The third kappa shape index (κ3) is 4.69. The maximum Gasteiger partial charge on any atom is 0.323 e. The lowest BCUT2D eigenvalue weighted by Gasteiger charge is -2.36. The van der Waals surface area contributed by atoms with Gasteiger partial charge in [0.2, 0.25) is 5.91 Å². The molecule has 0 atom stereocenters. The zero-order valence-corrected chi connectivity index (χ0v) is 11.7. The number of nitrogens with one attached hydrogen (secondary N) is 1. The van der Waals surface area contributed by atoms with Crippen molar-refractivity contribution in [2.75, 3.05) is 32.7 Å². The summed E-state index contributed by atoms with van der Waals surface area (Å²) in [5, 5.41) is 12.0. The molecule has 114 valence electrons. The van der Waals surface area contributed by atoms with Crippen molar-refractivity contribution in [2.45, 2.75) is 25.8 Å². The highest BCUT2D eigenvalue weighted by Gasteiger charge is 2.29. The van der Waals surface area contributed by atoms with Gasteiger partial charge in [0.1, 0.15) is 13.1 Å². The molecule has 20 heavy (non-hydrogen) atoms. The average Bonchev–Trinajstić information content (AvgIpc) is 2.39. The SMILES string of the molecule is CCN(C(=O)N(CC(N)=O)CC(=O)O)C1CCNCC1. The van der Waals surface area contributed by atoms with Gasteiger partial charge in [-0.2, -0.15) is 0 Å². The van der Waals surface area contributed by atoms with Crippen LogP contribution in [0, 0.1) is 0 Å². The van der Waals surface area contributed by atoms with Crippen LogP contribution in [-0.4, -0.2) is 71.6 Å². The van der Waals surface area contributed by atoms with Crippen LogP contribution in [0.5, 0.6) is 0 Å². The summed E-state index contributed by atoms with van der Waals surface area (Å²) < 4.78 is 0. The number of piperidine rings is 1. The summed E-state index contributed by atoms with van der Waals surface area (Å²) in [5.74, 6) is -1.89. The first-order chi connectivity index (χ1) is 9.45. The van der Waals surface area contributed by atoms with E-state index in [0.29, 0.717) is 6.54 Å². The van der Waals surface area contributed by atoms with Crippen LogP contribution >= 0.6 is 0 Å². The Hall–Kier alpha value is -1.83. The zero-order valence-electron chi connectivity index (χ0n) is 11.7. The van der Waals surface area contributed by atoms with Crippen molar-refractivity contribution >= 4 is 17.9 Å². The molecule has 1 fully saturated rings. The monoisotopic (exact) mass is 286 g/mol. The van der Waals surface area contributed by atoms with Crippen molar-refractivity contribution in [1.82, 2.24) is 15.1 Å². The number of rotatable bonds is 6. The van der Waals surface area contributed by atoms with Crippen LogP contribution in [0.1, 0.15) is 19.8 Å². The van der Waals surface area contributed by atoms with Gasteiger partial charge in [-0.25, -0.2) is 4.79 Å². The first kappa shape index (κ1) is 16.2. The third-order valence-corrected chi connectivity index (χ3v) is 3.28. The average molecular weight is 286 g/mol. The van der Waals surface area contributed by atoms with E-state index in [0.717, 1.165) is 30.8 Å². The first-order valence-electron chi connectivity index (χ1n) is 6.72. The van der Waals surface area contributed by atoms with Crippen LogP contribution in [0.3, 0.4) is 0 Å². The van der Waals surface area contributed by atoms with Crippen LogP contribution < -0.4 is 11.1 Å². The molecule has 0 aromatic carbocycles. The fraction of sp³-hybridized carbons (Fsp3) is 0.750. The van der Waals surface area contributed by atoms with Crippen LogP contribution in [0.15, 0.2) is 0 Å². The fourth-order valence-electron chi connectivity index (χ4n) is 2.39. The van der Waals surface area contributed by atoms with Gasteiger partial charge in [-0.1, -0.05) is 0 Å². The second-order valence-corrected chi connectivity index (χ2v) is 4.77. The summed E-state index contributed by atoms with van der Waals surface area (Å²) >= 11 is 0. The van der Waals surface area contributed by atoms with Crippen molar-refractivity contribution in [3.05, 3.63) is 0 Å². The summed E-state index contributed by atoms with van der Waals surface area (Å²) in [6.45, 7) is 3.05. The van der Waals surface area contributed by atoms with Gasteiger partial charge in [0.25, 0.3) is 0 Å². The molecule has 1 saturated heterocycles. The van der Waals surface area contributed by atoms with E-state index in [2.05, 4.69) is 5.32 Å². The molecule has 0 radical (unpaired) electrons. The molecule has 8 nitrogen and oxygen atoms in total. The minimum absolute atomic E-state index is 0.0675. The lowest BCUT2D eigenvalue weighted by Crippen LogP contribution is -2.53. The molecule has 1 heterocycles. The van der Waals surface area contributed by atoms with Crippen LogP contribution in [-0.2, 0) is 9.59 Å². The number of nitrogens with zero attached hydrogens (tertiary/aromatic N) is 2. The lowest BCUT2D eigenvalue weighted by molar-refractivity contribution is -0.138. The molecule has 0 aliphatic carbocycles. The van der Waals surface area contributed by atoms with Crippen molar-refractivity contribution < 1.29 is 19.5 Å². The maximum atomic E-state index is 12.4. The number of primary amides is 1. The molecule has 8 heteroatoms. The molecule has 0 aromatic heterocycles. The molecule has 0 aromatic rings. The number of nitrogens with two attached hydrogens (primary N) is 1. The Morgan fingerprint density at radius 1 is 1.25 bits per heavy atom. The fourth-order valence-corrected chi connectivity index (χ4v) is 2.39. The van der Waals surface area contributed by atoms with Gasteiger partial charge in [-0.05, 0) is 32.9 Å². The van der Waals surface area contributed by atoms with Gasteiger partial charge in [0.15, 0.2) is 0 Å². The van der Waals surface area contributed by atoms with E-state index in [4.69, 9.17) is 10.8 Å². The molecule has 3 amide bonds. The molecule has 0 bridgehead atoms. The second kappa shape index (κ2) is 7.68. The number of carbonyl (C=O) groups is 3. The highest BCUT2D eigenvalue weighted by Crippen LogP contribution is 2.14. The first-order valence-corrected chi connectivity index (χ1v) is 6.72. The molecule has 1 aliphatic heterocycles. The Bertz CT molecular complexity index is 352. The molecular weight excluding hydrogens is 264 g/mol. The van der Waals surface area contributed by atoms with E-state index in [9.17, 15) is 14.4 Å². The number of carboxylic acids is 1. The predicted octanol–water partition coefficient (Wildman–Crippen LogP) is -0.948. The minimum atomic E-state index is -1.17. The summed E-state index contributed by atoms with van der Waals surface area (Å²) in [6, 6.07) is -0.376. The van der Waals surface area contributed by atoms with Gasteiger partial charge < -0.3 is 26.0 Å². The molecule has 1 aliphatic rings. The van der Waals surface area contributed by atoms with E-state index < -0.39 is 24.5 Å². The lowest BCUT2D eigenvalue weighted by atomic mass is 10.1. The Morgan fingerprint density at radius 3 is 2.30 bits per heavy atom. The van der Waals surface area contributed by atoms with Gasteiger partial charge in [0.05, 0.1) is 0 Å². The van der Waals surface area contributed by atoms with Crippen LogP contribution in [0.4, 0.5) is 4.79 Å². The van der Waals surface area contributed by atoms with Crippen molar-refractivity contribution in [2.24, 2.45) is 5.73 Å². The van der Waals surface area contributed by atoms with Crippen molar-refractivity contribution in [1.29, 1.82) is 0 Å². The van der Waals surface area contributed by atoms with E-state index >= 15 is 0 Å². The second-order valence-electron chi connectivity index (χ2n) is 4.77. The molecule has 0 saturated carbocycles. The highest BCUT2D eigenvalue weighted by atomic mass is 16.4. The predicted molar refractivity (Wildman–Crippen MR) is 72.1 cm³/mol. The maximum absolute atomic E-state index is 12.4. The number of carbonyl (C=O) groups excluding carboxylic acids is 2. The Labute approximate surface area is 117 Å². The number of urea groups is 1. The summed E-state index contributed by atoms with van der Waals surface area (Å²) in [4.78, 5) is 36.8. The highest BCUT2D eigenvalue weighted by molar-refractivity contribution is 5.86. The van der Waals surface area contributed by atoms with E-state index in [-0.39, 0.29) is 12.6 Å². The number of hydrogen-bond donors (Lipinski definition) is 3. The van der Waals surface area contributed by atoms with E-state index in [1.807, 2.05) is 6.92 Å². The topological polar surface area (TPSA) is 116 Å². The normalized spacial score (nSPS) is 15.7. The smallest absolute Gasteiger partial charge is 0.323 e. The zero-order chi connectivity index (χ0) is 15.1. The number of hydrogen-bond acceptors (Lipinski definition) is 4. The van der Waals surface area contributed by atoms with Gasteiger partial charge in [0, 0.05) is 12.6 Å². The molecule has 0 unspecified atom stereocenters. The van der Waals surface area contributed by atoms with Crippen molar-refractivity contribution in [3.63, 3.8) is 0 Å². The van der Waals surface area contributed by atoms with E-state index in [1.54, 1.807) is 4.90 Å². The molecule has 4 N–H and O–H groups in total. The Balaban J connectivity index is 2.77. The molecular formula is C12H22N4O4. The number of amides is 3. The largest absolute Gasteiger partial charge is 0.480 e. The van der Waals surface area contributed by atoms with Gasteiger partial charge >= 0.3 is 12.0 Å². The quantitative estimate of drug-likeness (QED) is 0.582. The Morgan fingerprint density at radius 2 is 1.85 bits per heavy atom. The Kier molecular flexibility index (Phi) is 6.23. The summed E-state index contributed by atoms with van der Waals surface area (Å²) in [5.41, 5.74) is 5.07. The van der Waals surface area contributed by atoms with Gasteiger partial charge in [-0.3, -0.25) is 9.59 Å². The number of carboxylic acid groups (broad SMARTS) is 1. The summed E-state index contributed by atoms with van der Waals surface area (Å²) in [7, 11) is 0. The minimum Gasteiger partial charge on any atom is -0.480 e. The van der Waals surface area contributed by atoms with E-state index in [1.165, 1.54) is 0 Å². The van der Waals surface area contributed by atoms with Crippen molar-refractivity contribution in [3.8, 4) is 0 Å². The third-order valence-electron chi connectivity index (χ3n) is 3.28. The molecule has 0 spiro atoms. The standard InChI is InChI=1S/C12H22N4O4/c1-2-16(9-3-5-14-6-4-9)12(20)15(7-10(13)17)8-11(18)19/h9,14H,2-8H2,1H3,(H2,13,17)(H,18,19). The van der Waals surface area contributed by atoms with Crippen LogP contribution in [0.25, 0.3) is 0 Å². The number of aliphatic carboxylic acids is 1. The van der Waals surface area contributed by atoms with Gasteiger partial charge in [-0.15, -0.1) is 0 Å². The summed E-state index contributed by atoms with van der Waals surface area (Å²) in [6.07, 6.45) is 1.63. The van der Waals surface area contributed by atoms with Crippen LogP contribution in [0.2, 0.25) is 0 Å². The molecule has 1 rings (SSSR count).